The highest BCUT2D eigenvalue weighted by atomic mass is 32.1. The second-order valence-corrected chi connectivity index (χ2v) is 6.22. The number of carbonyl (C=O) groups excluding carboxylic acids is 1. The summed E-state index contributed by atoms with van der Waals surface area (Å²) >= 11 is 1.23. The van der Waals surface area contributed by atoms with E-state index in [4.69, 9.17) is 5.73 Å². The molecule has 1 atom stereocenters. The molecule has 0 saturated heterocycles. The molecule has 3 N–H and O–H groups in total. The largest absolute Gasteiger partial charge is 0.352 e. The Morgan fingerprint density at radius 2 is 2.15 bits per heavy atom. The maximum atomic E-state index is 11.9. The molecule has 0 fully saturated rings. The first kappa shape index (κ1) is 16.9. The highest BCUT2D eigenvalue weighted by Crippen LogP contribution is 2.09. The number of aryl methyl sites for hydroxylation is 1. The van der Waals surface area contributed by atoms with Gasteiger partial charge in [-0.05, 0) is 20.3 Å². The standard InChI is InChI=1S/C14H25N3O2S/c1-4-5-6-12(9-15)16-13(18)7-8-17-10(2)11(3)20-14(17)19/h12H,4-9,15H2,1-3H3,(H,16,18). The number of nitrogens with two attached hydrogens (primary N) is 1. The van der Waals surface area contributed by atoms with Crippen LogP contribution in [0.1, 0.15) is 43.2 Å². The van der Waals surface area contributed by atoms with E-state index in [9.17, 15) is 9.59 Å². The molecule has 114 valence electrons. The number of amides is 1. The lowest BCUT2D eigenvalue weighted by molar-refractivity contribution is -0.122. The van der Waals surface area contributed by atoms with Crippen LogP contribution in [0.2, 0.25) is 0 Å². The monoisotopic (exact) mass is 299 g/mol. The molecule has 6 heteroatoms. The summed E-state index contributed by atoms with van der Waals surface area (Å²) in [6.07, 6.45) is 3.38. The van der Waals surface area contributed by atoms with Crippen LogP contribution in [0.5, 0.6) is 0 Å². The van der Waals surface area contributed by atoms with Crippen molar-refractivity contribution in [3.8, 4) is 0 Å². The van der Waals surface area contributed by atoms with Gasteiger partial charge in [0.1, 0.15) is 0 Å². The SMILES string of the molecule is CCCCC(CN)NC(=O)CCn1c(C)c(C)sc1=O. The van der Waals surface area contributed by atoms with Crippen LogP contribution in [0.4, 0.5) is 0 Å². The van der Waals surface area contributed by atoms with Gasteiger partial charge in [0.2, 0.25) is 5.91 Å². The molecule has 0 aliphatic rings. The lowest BCUT2D eigenvalue weighted by Gasteiger charge is -2.16. The van der Waals surface area contributed by atoms with Crippen molar-refractivity contribution in [2.75, 3.05) is 6.54 Å². The molecule has 1 rings (SSSR count). The van der Waals surface area contributed by atoms with Crippen molar-refractivity contribution < 1.29 is 4.79 Å². The number of nitrogens with zero attached hydrogens (tertiary/aromatic N) is 1. The Kier molecular flexibility index (Phi) is 6.95. The molecular formula is C14H25N3O2S. The van der Waals surface area contributed by atoms with Crippen molar-refractivity contribution in [1.82, 2.24) is 9.88 Å². The van der Waals surface area contributed by atoms with Crippen molar-refractivity contribution >= 4 is 17.2 Å². The molecule has 0 aliphatic carbocycles. The van der Waals surface area contributed by atoms with Crippen LogP contribution in [0.3, 0.4) is 0 Å². The van der Waals surface area contributed by atoms with Crippen LogP contribution in [0.15, 0.2) is 4.79 Å². The third-order valence-corrected chi connectivity index (χ3v) is 4.49. The number of hydrogen-bond acceptors (Lipinski definition) is 4. The van der Waals surface area contributed by atoms with Gasteiger partial charge in [-0.15, -0.1) is 0 Å². The fraction of sp³-hybridized carbons (Fsp3) is 0.714. The van der Waals surface area contributed by atoms with Crippen LogP contribution in [-0.4, -0.2) is 23.1 Å². The van der Waals surface area contributed by atoms with Crippen LogP contribution in [-0.2, 0) is 11.3 Å². The number of thiazole rings is 1. The summed E-state index contributed by atoms with van der Waals surface area (Å²) in [5.74, 6) is -0.0355. The van der Waals surface area contributed by atoms with E-state index >= 15 is 0 Å². The average molecular weight is 299 g/mol. The number of aromatic nitrogens is 1. The first-order valence-corrected chi connectivity index (χ1v) is 7.97. The molecule has 1 heterocycles. The van der Waals surface area contributed by atoms with Gasteiger partial charge in [-0.2, -0.15) is 0 Å². The number of rotatable bonds is 8. The van der Waals surface area contributed by atoms with Gasteiger partial charge >= 0.3 is 4.87 Å². The van der Waals surface area contributed by atoms with Crippen molar-refractivity contribution in [1.29, 1.82) is 0 Å². The summed E-state index contributed by atoms with van der Waals surface area (Å²) in [5.41, 5.74) is 6.61. The van der Waals surface area contributed by atoms with Crippen molar-refractivity contribution in [3.05, 3.63) is 20.2 Å². The summed E-state index contributed by atoms with van der Waals surface area (Å²) in [6.45, 7) is 6.85. The minimum Gasteiger partial charge on any atom is -0.352 e. The summed E-state index contributed by atoms with van der Waals surface area (Å²) in [6, 6.07) is 0.0458. The van der Waals surface area contributed by atoms with Crippen molar-refractivity contribution in [3.63, 3.8) is 0 Å². The summed E-state index contributed by atoms with van der Waals surface area (Å²) in [5, 5.41) is 2.94. The van der Waals surface area contributed by atoms with Gasteiger partial charge < -0.3 is 15.6 Å². The Morgan fingerprint density at radius 1 is 1.45 bits per heavy atom. The summed E-state index contributed by atoms with van der Waals surface area (Å²) in [7, 11) is 0. The smallest absolute Gasteiger partial charge is 0.307 e. The van der Waals surface area contributed by atoms with Gasteiger partial charge in [-0.1, -0.05) is 31.1 Å². The van der Waals surface area contributed by atoms with Gasteiger partial charge in [0.25, 0.3) is 0 Å². The highest BCUT2D eigenvalue weighted by Gasteiger charge is 2.12. The normalized spacial score (nSPS) is 12.4. The molecule has 1 aromatic heterocycles. The van der Waals surface area contributed by atoms with E-state index in [1.54, 1.807) is 4.57 Å². The van der Waals surface area contributed by atoms with Crippen LogP contribution in [0.25, 0.3) is 0 Å². The van der Waals surface area contributed by atoms with E-state index in [0.29, 0.717) is 19.5 Å². The lowest BCUT2D eigenvalue weighted by atomic mass is 10.1. The topological polar surface area (TPSA) is 77.1 Å². The second kappa shape index (κ2) is 8.21. The molecule has 1 amide bonds. The summed E-state index contributed by atoms with van der Waals surface area (Å²) in [4.78, 5) is 24.6. The molecular weight excluding hydrogens is 274 g/mol. The average Bonchev–Trinajstić information content (AvgIpc) is 2.66. The molecule has 0 bridgehead atoms. The van der Waals surface area contributed by atoms with Crippen molar-refractivity contribution in [2.45, 2.75) is 59.0 Å². The third-order valence-electron chi connectivity index (χ3n) is 3.49. The minimum absolute atomic E-state index is 0.00848. The van der Waals surface area contributed by atoms with Crippen LogP contribution < -0.4 is 15.9 Å². The quantitative estimate of drug-likeness (QED) is 0.764. The van der Waals surface area contributed by atoms with E-state index in [0.717, 1.165) is 29.8 Å². The van der Waals surface area contributed by atoms with E-state index < -0.39 is 0 Å². The third kappa shape index (κ3) is 4.76. The van der Waals surface area contributed by atoms with E-state index in [2.05, 4.69) is 12.2 Å². The molecule has 20 heavy (non-hydrogen) atoms. The fourth-order valence-electron chi connectivity index (χ4n) is 2.06. The highest BCUT2D eigenvalue weighted by molar-refractivity contribution is 7.09. The molecule has 1 aromatic rings. The van der Waals surface area contributed by atoms with Gasteiger partial charge in [0, 0.05) is 36.1 Å². The van der Waals surface area contributed by atoms with Gasteiger partial charge in [0.15, 0.2) is 0 Å². The Bertz CT molecular complexity index is 493. The van der Waals surface area contributed by atoms with Crippen molar-refractivity contribution in [2.24, 2.45) is 5.73 Å². The molecule has 0 radical (unpaired) electrons. The van der Waals surface area contributed by atoms with E-state index in [1.165, 1.54) is 11.3 Å². The second-order valence-electron chi connectivity index (χ2n) is 5.05. The number of carbonyl (C=O) groups is 1. The maximum absolute atomic E-state index is 11.9. The zero-order chi connectivity index (χ0) is 15.1. The molecule has 0 saturated carbocycles. The Labute approximate surface area is 124 Å². The Hall–Kier alpha value is -1.14. The molecule has 0 spiro atoms. The summed E-state index contributed by atoms with van der Waals surface area (Å²) < 4.78 is 1.67. The number of nitrogens with one attached hydrogen (secondary N) is 1. The first-order chi connectivity index (χ1) is 9.49. The zero-order valence-electron chi connectivity index (χ0n) is 12.6. The Balaban J connectivity index is 2.48. The Morgan fingerprint density at radius 3 is 2.65 bits per heavy atom. The van der Waals surface area contributed by atoms with Gasteiger partial charge in [0.05, 0.1) is 0 Å². The first-order valence-electron chi connectivity index (χ1n) is 7.15. The zero-order valence-corrected chi connectivity index (χ0v) is 13.4. The lowest BCUT2D eigenvalue weighted by Crippen LogP contribution is -2.40. The fourth-order valence-corrected chi connectivity index (χ4v) is 2.92. The van der Waals surface area contributed by atoms with Gasteiger partial charge in [-0.3, -0.25) is 9.59 Å². The van der Waals surface area contributed by atoms with Crippen LogP contribution in [0, 0.1) is 13.8 Å². The molecule has 0 aliphatic heterocycles. The van der Waals surface area contributed by atoms with E-state index in [1.807, 2.05) is 13.8 Å². The number of unbranched alkanes of at least 4 members (excludes halogenated alkanes) is 1. The molecule has 0 aromatic carbocycles. The predicted molar refractivity (Wildman–Crippen MR) is 83.2 cm³/mol. The maximum Gasteiger partial charge on any atom is 0.307 e. The molecule has 1 unspecified atom stereocenters. The van der Waals surface area contributed by atoms with Gasteiger partial charge in [-0.25, -0.2) is 0 Å². The predicted octanol–water partition coefficient (Wildman–Crippen LogP) is 1.55. The minimum atomic E-state index is -0.0355. The number of hydrogen-bond donors (Lipinski definition) is 2. The van der Waals surface area contributed by atoms with E-state index in [-0.39, 0.29) is 16.8 Å². The molecule has 5 nitrogen and oxygen atoms in total. The van der Waals surface area contributed by atoms with Crippen LogP contribution >= 0.6 is 11.3 Å².